The molecule has 6 aromatic heterocycles. The van der Waals surface area contributed by atoms with Gasteiger partial charge in [-0.05, 0) is 72.1 Å². The van der Waals surface area contributed by atoms with Crippen LogP contribution in [0.2, 0.25) is 0 Å². The SMILES string of the molecule is CCCCCCCCCCCCN1c2ccsc2-c2sc(-c3ccc(-c4ccc(-c5cc6c(s5)-c5sccc5N(CCCCCCCCCCCC)S6(=O)=O)s4)s3)cc2S1(=O)=O. The van der Waals surface area contributed by atoms with E-state index in [0.29, 0.717) is 22.9 Å². The zero-order chi connectivity index (χ0) is 43.1. The van der Waals surface area contributed by atoms with Gasteiger partial charge in [0, 0.05) is 42.4 Å². The Hall–Kier alpha value is -2.30. The van der Waals surface area contributed by atoms with Crippen molar-refractivity contribution in [1.82, 2.24) is 0 Å². The second kappa shape index (κ2) is 21.3. The molecule has 2 aliphatic rings. The molecule has 0 bridgehead atoms. The predicted octanol–water partition coefficient (Wildman–Crippen LogP) is 17.2. The van der Waals surface area contributed by atoms with E-state index in [1.807, 2.05) is 35.0 Å². The molecule has 0 unspecified atom stereocenters. The van der Waals surface area contributed by atoms with Crippen molar-refractivity contribution in [3.8, 4) is 48.8 Å². The van der Waals surface area contributed by atoms with Gasteiger partial charge in [0.05, 0.1) is 30.9 Å². The first-order valence-corrected chi connectivity index (χ1v) is 30.8. The summed E-state index contributed by atoms with van der Waals surface area (Å²) in [4.78, 5) is 10.9. The summed E-state index contributed by atoms with van der Waals surface area (Å²) < 4.78 is 60.0. The van der Waals surface area contributed by atoms with Gasteiger partial charge >= 0.3 is 0 Å². The Labute approximate surface area is 394 Å². The molecule has 14 heteroatoms. The Bertz CT molecular complexity index is 2420. The fourth-order valence-electron chi connectivity index (χ4n) is 8.70. The number of hydrogen-bond acceptors (Lipinski definition) is 10. The summed E-state index contributed by atoms with van der Waals surface area (Å²) in [5.41, 5.74) is 1.65. The van der Waals surface area contributed by atoms with Crippen molar-refractivity contribution in [2.75, 3.05) is 21.7 Å². The molecule has 334 valence electrons. The van der Waals surface area contributed by atoms with E-state index in [9.17, 15) is 16.8 Å². The van der Waals surface area contributed by atoms with E-state index < -0.39 is 20.0 Å². The van der Waals surface area contributed by atoms with Crippen molar-refractivity contribution in [3.63, 3.8) is 0 Å². The lowest BCUT2D eigenvalue weighted by Crippen LogP contribution is -2.34. The molecule has 62 heavy (non-hydrogen) atoms. The molecule has 8 rings (SSSR count). The molecular formula is C48H60N2O4S8. The van der Waals surface area contributed by atoms with Crippen molar-refractivity contribution in [2.45, 2.75) is 152 Å². The molecule has 0 spiro atoms. The maximum absolute atomic E-state index is 14.2. The molecule has 0 aromatic carbocycles. The highest BCUT2D eigenvalue weighted by Crippen LogP contribution is 2.55. The van der Waals surface area contributed by atoms with Crippen LogP contribution in [0.3, 0.4) is 0 Å². The van der Waals surface area contributed by atoms with Crippen molar-refractivity contribution in [1.29, 1.82) is 0 Å². The molecule has 0 saturated carbocycles. The highest BCUT2D eigenvalue weighted by Gasteiger charge is 2.39. The molecule has 2 aliphatic heterocycles. The van der Waals surface area contributed by atoms with Gasteiger partial charge in [0.1, 0.15) is 9.79 Å². The number of sulfonamides is 2. The van der Waals surface area contributed by atoms with E-state index >= 15 is 0 Å². The van der Waals surface area contributed by atoms with Crippen LogP contribution in [0.5, 0.6) is 0 Å². The van der Waals surface area contributed by atoms with Crippen molar-refractivity contribution in [2.24, 2.45) is 0 Å². The van der Waals surface area contributed by atoms with E-state index in [-0.39, 0.29) is 0 Å². The van der Waals surface area contributed by atoms with Gasteiger partial charge in [0.15, 0.2) is 0 Å². The minimum Gasteiger partial charge on any atom is -0.265 e. The van der Waals surface area contributed by atoms with E-state index in [1.54, 1.807) is 76.6 Å². The Morgan fingerprint density at radius 2 is 0.710 bits per heavy atom. The molecule has 8 heterocycles. The lowest BCUT2D eigenvalue weighted by atomic mass is 10.1. The molecular weight excluding hydrogens is 925 g/mol. The fraction of sp³-hybridized carbons (Fsp3) is 0.500. The third-order valence-corrected chi connectivity index (χ3v) is 23.2. The summed E-state index contributed by atoms with van der Waals surface area (Å²) in [5, 5.41) is 4.04. The monoisotopic (exact) mass is 984 g/mol. The van der Waals surface area contributed by atoms with Crippen molar-refractivity contribution < 1.29 is 16.8 Å². The van der Waals surface area contributed by atoms with E-state index in [1.165, 1.54) is 89.9 Å². The van der Waals surface area contributed by atoms with Gasteiger partial charge in [0.25, 0.3) is 20.0 Å². The van der Waals surface area contributed by atoms with Crippen LogP contribution in [-0.2, 0) is 20.0 Å². The van der Waals surface area contributed by atoms with Crippen LogP contribution in [0, 0.1) is 0 Å². The Balaban J connectivity index is 0.911. The van der Waals surface area contributed by atoms with E-state index in [2.05, 4.69) is 38.1 Å². The minimum absolute atomic E-state index is 0.431. The second-order valence-electron chi connectivity index (χ2n) is 16.7. The largest absolute Gasteiger partial charge is 0.265 e. The molecule has 0 aliphatic carbocycles. The van der Waals surface area contributed by atoms with Gasteiger partial charge < -0.3 is 0 Å². The van der Waals surface area contributed by atoms with E-state index in [4.69, 9.17) is 0 Å². The van der Waals surface area contributed by atoms with Crippen LogP contribution in [0.25, 0.3) is 48.8 Å². The van der Waals surface area contributed by atoms with Gasteiger partial charge in [0.2, 0.25) is 0 Å². The number of hydrogen-bond donors (Lipinski definition) is 0. The molecule has 6 nitrogen and oxygen atoms in total. The smallest absolute Gasteiger partial charge is 0.265 e. The summed E-state index contributed by atoms with van der Waals surface area (Å²) in [6.07, 6.45) is 24.3. The average Bonchev–Trinajstić information content (AvgIpc) is 4.11. The van der Waals surface area contributed by atoms with Crippen LogP contribution in [-0.4, -0.2) is 29.9 Å². The summed E-state index contributed by atoms with van der Waals surface area (Å²) in [5.74, 6) is 0. The van der Waals surface area contributed by atoms with Crippen LogP contribution < -0.4 is 8.61 Å². The predicted molar refractivity (Wildman–Crippen MR) is 274 cm³/mol. The van der Waals surface area contributed by atoms with Crippen molar-refractivity contribution >= 4 is 99.4 Å². The van der Waals surface area contributed by atoms with Crippen LogP contribution in [0.1, 0.15) is 142 Å². The number of fused-ring (bicyclic) bond motifs is 6. The third-order valence-electron chi connectivity index (χ3n) is 12.1. The summed E-state index contributed by atoms with van der Waals surface area (Å²) in [6.45, 7) is 5.54. The highest BCUT2D eigenvalue weighted by atomic mass is 32.2. The number of thiophene rings is 6. The molecule has 0 radical (unpaired) electrons. The van der Waals surface area contributed by atoms with Gasteiger partial charge in [-0.25, -0.2) is 16.8 Å². The molecule has 0 N–H and O–H groups in total. The Morgan fingerprint density at radius 1 is 0.387 bits per heavy atom. The van der Waals surface area contributed by atoms with Crippen molar-refractivity contribution in [3.05, 3.63) is 59.3 Å². The maximum atomic E-state index is 14.2. The summed E-state index contributed by atoms with van der Waals surface area (Å²) >= 11 is 9.77. The Morgan fingerprint density at radius 3 is 1.06 bits per heavy atom. The van der Waals surface area contributed by atoms with Gasteiger partial charge in [-0.3, -0.25) is 8.61 Å². The standard InChI is InChI=1S/C48H60N2O4S8/c1-3-5-7-9-11-13-15-17-19-21-29-49-35-27-31-55-45(35)47-43(61(49,51)52)33-41(59-47)39-25-23-37(57-39)38-24-26-40(58-38)42-34-44-48(60-42)46-36(28-32-56-46)50(62(44,53)54)30-22-20-18-16-14-12-10-8-6-4-2/h23-28,31-34H,3-22,29-30H2,1-2H3. The average molecular weight is 986 g/mol. The fourth-order valence-corrected chi connectivity index (χ4v) is 19.7. The zero-order valence-electron chi connectivity index (χ0n) is 36.1. The number of unbranched alkanes of at least 4 members (excludes halogenated alkanes) is 18. The Kier molecular flexibility index (Phi) is 15.9. The normalized spacial score (nSPS) is 14.9. The summed E-state index contributed by atoms with van der Waals surface area (Å²) in [7, 11) is -7.33. The molecule has 0 saturated heterocycles. The van der Waals surface area contributed by atoms with Crippen LogP contribution in [0.15, 0.2) is 69.1 Å². The number of anilines is 2. The van der Waals surface area contributed by atoms with Crippen LogP contribution >= 0.6 is 68.0 Å². The molecule has 0 fully saturated rings. The zero-order valence-corrected chi connectivity index (χ0v) is 42.7. The maximum Gasteiger partial charge on any atom is 0.265 e. The second-order valence-corrected chi connectivity index (χ2v) is 26.5. The summed E-state index contributed by atoms with van der Waals surface area (Å²) in [6, 6.07) is 16.2. The van der Waals surface area contributed by atoms with Gasteiger partial charge in [-0.15, -0.1) is 68.0 Å². The lowest BCUT2D eigenvalue weighted by Gasteiger charge is -2.28. The minimum atomic E-state index is -3.66. The van der Waals surface area contributed by atoms with Gasteiger partial charge in [-0.1, -0.05) is 129 Å². The lowest BCUT2D eigenvalue weighted by molar-refractivity contribution is 0.554. The first-order valence-electron chi connectivity index (χ1n) is 22.9. The quantitative estimate of drug-likeness (QED) is 0.0536. The van der Waals surface area contributed by atoms with Crippen LogP contribution in [0.4, 0.5) is 11.4 Å². The topological polar surface area (TPSA) is 74.8 Å². The number of rotatable bonds is 25. The highest BCUT2D eigenvalue weighted by molar-refractivity contribution is 7.93. The first-order chi connectivity index (χ1) is 30.2. The first kappa shape index (κ1) is 46.2. The third kappa shape index (κ3) is 10.1. The van der Waals surface area contributed by atoms with Gasteiger partial charge in [-0.2, -0.15) is 0 Å². The molecule has 6 aromatic rings. The molecule has 0 amide bonds. The molecule has 0 atom stereocenters. The van der Waals surface area contributed by atoms with E-state index in [0.717, 1.165) is 98.7 Å². The number of nitrogens with zero attached hydrogens (tertiary/aromatic N) is 2.